The average molecular weight is 171 g/mol. The highest BCUT2D eigenvalue weighted by atomic mass is 13.8. The van der Waals surface area contributed by atoms with Crippen molar-refractivity contribution in [2.45, 2.75) is 19.3 Å². The maximum Gasteiger partial charge on any atom is -0.00915 e. The van der Waals surface area contributed by atoms with Gasteiger partial charge in [0, 0.05) is 0 Å². The third-order valence-electron chi connectivity index (χ3n) is 1.69. The maximum absolute atomic E-state index is 3.16. The normalized spacial score (nSPS) is 17.8. The summed E-state index contributed by atoms with van der Waals surface area (Å²) in [6, 6.07) is 0. The van der Waals surface area contributed by atoms with Crippen LogP contribution in [0.1, 0.15) is 19.3 Å². The van der Waals surface area contributed by atoms with E-state index in [1.54, 1.807) is 0 Å². The molecule has 0 bridgehead atoms. The topological polar surface area (TPSA) is 0 Å². The molecule has 0 saturated carbocycles. The highest BCUT2D eigenvalue weighted by Crippen LogP contribution is 1.95. The third-order valence-corrected chi connectivity index (χ3v) is 1.69. The summed E-state index contributed by atoms with van der Waals surface area (Å²) in [6.45, 7) is 0. The molecule has 0 atom stereocenters. The summed E-state index contributed by atoms with van der Waals surface area (Å²) < 4.78 is 0. The van der Waals surface area contributed by atoms with Gasteiger partial charge in [-0.2, -0.15) is 0 Å². The molecule has 0 aliphatic heterocycles. The van der Waals surface area contributed by atoms with E-state index in [4.69, 9.17) is 0 Å². The summed E-state index contributed by atoms with van der Waals surface area (Å²) in [6.07, 6.45) is 25.0. The van der Waals surface area contributed by atoms with E-state index in [0.29, 0.717) is 0 Å². The first kappa shape index (κ1) is 9.79. The fourth-order valence-corrected chi connectivity index (χ4v) is 1.01. The molecule has 0 amide bonds. The molecule has 13 heavy (non-hydrogen) atoms. The minimum absolute atomic E-state index is 0.887. The largest absolute Gasteiger partial charge is 0.0842 e. The molecule has 0 unspecified atom stereocenters. The maximum atomic E-state index is 3.16. The Morgan fingerprint density at radius 3 is 2.23 bits per heavy atom. The second-order valence-electron chi connectivity index (χ2n) is 2.82. The van der Waals surface area contributed by atoms with Crippen molar-refractivity contribution in [3.63, 3.8) is 0 Å². The number of hydrogen-bond acceptors (Lipinski definition) is 0. The van der Waals surface area contributed by atoms with Gasteiger partial charge in [-0.05, 0) is 25.3 Å². The molecule has 0 aromatic heterocycles. The summed E-state index contributed by atoms with van der Waals surface area (Å²) in [5.74, 6) is 0. The van der Waals surface area contributed by atoms with Crippen molar-refractivity contribution in [3.8, 4) is 0 Å². The predicted molar refractivity (Wildman–Crippen MR) is 58.2 cm³/mol. The molecule has 1 rings (SSSR count). The summed E-state index contributed by atoms with van der Waals surface area (Å²) >= 11 is 0. The average Bonchev–Trinajstić information content (AvgIpc) is 2.18. The van der Waals surface area contributed by atoms with Crippen molar-refractivity contribution < 1.29 is 0 Å². The van der Waals surface area contributed by atoms with Crippen LogP contribution in [0.15, 0.2) is 54.7 Å². The zero-order valence-corrected chi connectivity index (χ0v) is 7.82. The molecule has 0 saturated heterocycles. The molecular formula is C13H15. The Morgan fingerprint density at radius 1 is 0.692 bits per heavy atom. The summed E-state index contributed by atoms with van der Waals surface area (Å²) in [4.78, 5) is 0. The van der Waals surface area contributed by atoms with E-state index < -0.39 is 0 Å². The van der Waals surface area contributed by atoms with Gasteiger partial charge in [-0.1, -0.05) is 54.7 Å². The molecule has 0 N–H and O–H groups in total. The van der Waals surface area contributed by atoms with Gasteiger partial charge in [0.2, 0.25) is 0 Å². The van der Waals surface area contributed by atoms with E-state index in [1.807, 2.05) is 18.2 Å². The standard InChI is InChI=1S/C13H15/c1-2-4-6-8-10-12-13-11-9-7-5-3-1/h1-5,10-13H,6,8-9H2. The Morgan fingerprint density at radius 2 is 1.38 bits per heavy atom. The number of rotatable bonds is 0. The van der Waals surface area contributed by atoms with Crippen LogP contribution in [-0.4, -0.2) is 0 Å². The lowest BCUT2D eigenvalue weighted by molar-refractivity contribution is 1.05. The molecule has 1 radical (unpaired) electrons. The Labute approximate surface area is 80.7 Å². The quantitative estimate of drug-likeness (QED) is 0.520. The van der Waals surface area contributed by atoms with E-state index in [-0.39, 0.29) is 0 Å². The van der Waals surface area contributed by atoms with Gasteiger partial charge in [0.1, 0.15) is 0 Å². The van der Waals surface area contributed by atoms with Gasteiger partial charge in [-0.25, -0.2) is 0 Å². The van der Waals surface area contributed by atoms with Crippen molar-refractivity contribution in [2.75, 3.05) is 0 Å². The lowest BCUT2D eigenvalue weighted by atomic mass is 10.2. The molecule has 0 heteroatoms. The molecule has 0 nitrogen and oxygen atoms in total. The van der Waals surface area contributed by atoms with Crippen molar-refractivity contribution in [1.29, 1.82) is 0 Å². The van der Waals surface area contributed by atoms with Crippen LogP contribution in [0.25, 0.3) is 0 Å². The third kappa shape index (κ3) is 5.92. The lowest BCUT2D eigenvalue weighted by Crippen LogP contribution is -1.62. The Bertz CT molecular complexity index is 249. The predicted octanol–water partition coefficient (Wildman–Crippen LogP) is 3.75. The van der Waals surface area contributed by atoms with Gasteiger partial charge in [-0.15, -0.1) is 0 Å². The van der Waals surface area contributed by atoms with Crippen molar-refractivity contribution >= 4 is 0 Å². The van der Waals surface area contributed by atoms with Crippen LogP contribution in [0.4, 0.5) is 0 Å². The van der Waals surface area contributed by atoms with Gasteiger partial charge in [0.25, 0.3) is 0 Å². The van der Waals surface area contributed by atoms with E-state index in [9.17, 15) is 0 Å². The first-order valence-electron chi connectivity index (χ1n) is 4.70. The second kappa shape index (κ2) is 7.35. The molecule has 1 aliphatic rings. The van der Waals surface area contributed by atoms with E-state index in [1.165, 1.54) is 0 Å². The van der Waals surface area contributed by atoms with Crippen molar-refractivity contribution in [1.82, 2.24) is 0 Å². The molecule has 0 fully saturated rings. The molecule has 0 aromatic rings. The SMILES string of the molecule is [C]1=CC=CC=CCCC=CC=CC1. The van der Waals surface area contributed by atoms with E-state index in [0.717, 1.165) is 19.3 Å². The number of allylic oxidation sites excluding steroid dienone is 10. The Kier molecular flexibility index (Phi) is 5.54. The smallest absolute Gasteiger partial charge is 0.00915 e. The van der Waals surface area contributed by atoms with Crippen LogP contribution in [0, 0.1) is 6.08 Å². The van der Waals surface area contributed by atoms with E-state index in [2.05, 4.69) is 42.5 Å². The molecule has 1 aliphatic carbocycles. The number of hydrogen-bond donors (Lipinski definition) is 0. The first-order valence-corrected chi connectivity index (χ1v) is 4.70. The van der Waals surface area contributed by atoms with Crippen LogP contribution in [0.2, 0.25) is 0 Å². The highest BCUT2D eigenvalue weighted by Gasteiger charge is 1.75. The van der Waals surface area contributed by atoms with Gasteiger partial charge in [-0.3, -0.25) is 0 Å². The van der Waals surface area contributed by atoms with Gasteiger partial charge < -0.3 is 0 Å². The fraction of sp³-hybridized carbons (Fsp3) is 0.231. The monoisotopic (exact) mass is 171 g/mol. The molecule has 0 spiro atoms. The fourth-order valence-electron chi connectivity index (χ4n) is 1.01. The summed E-state index contributed by atoms with van der Waals surface area (Å²) in [5, 5.41) is 0. The zero-order chi connectivity index (χ0) is 9.19. The van der Waals surface area contributed by atoms with Crippen molar-refractivity contribution in [2.24, 2.45) is 0 Å². The second-order valence-corrected chi connectivity index (χ2v) is 2.82. The zero-order valence-electron chi connectivity index (χ0n) is 7.82. The summed E-state index contributed by atoms with van der Waals surface area (Å²) in [7, 11) is 0. The molecule has 0 aromatic carbocycles. The van der Waals surface area contributed by atoms with Gasteiger partial charge >= 0.3 is 0 Å². The molecule has 0 heterocycles. The van der Waals surface area contributed by atoms with Crippen molar-refractivity contribution in [3.05, 3.63) is 60.8 Å². The van der Waals surface area contributed by atoms with Crippen LogP contribution in [0.5, 0.6) is 0 Å². The highest BCUT2D eigenvalue weighted by molar-refractivity contribution is 5.12. The van der Waals surface area contributed by atoms with E-state index >= 15 is 0 Å². The van der Waals surface area contributed by atoms with Crippen LogP contribution >= 0.6 is 0 Å². The minimum Gasteiger partial charge on any atom is -0.0842 e. The van der Waals surface area contributed by atoms with Crippen LogP contribution in [-0.2, 0) is 0 Å². The van der Waals surface area contributed by atoms with Crippen LogP contribution in [0.3, 0.4) is 0 Å². The Balaban J connectivity index is 2.49. The molecule has 67 valence electrons. The van der Waals surface area contributed by atoms with Gasteiger partial charge in [0.15, 0.2) is 0 Å². The molecular weight excluding hydrogens is 156 g/mol. The van der Waals surface area contributed by atoms with Gasteiger partial charge in [0.05, 0.1) is 0 Å². The Hall–Kier alpha value is -1.30. The first-order chi connectivity index (χ1) is 6.50. The lowest BCUT2D eigenvalue weighted by Gasteiger charge is -1.83. The van der Waals surface area contributed by atoms with Crippen LogP contribution < -0.4 is 0 Å². The minimum atomic E-state index is 0.887. The summed E-state index contributed by atoms with van der Waals surface area (Å²) in [5.41, 5.74) is 0.